The zero-order valence-electron chi connectivity index (χ0n) is 18.4. The number of rotatable bonds is 5. The summed E-state index contributed by atoms with van der Waals surface area (Å²) in [4.78, 5) is 23.1. The van der Waals surface area contributed by atoms with E-state index in [4.69, 9.17) is 0 Å². The Balaban J connectivity index is 1.63. The van der Waals surface area contributed by atoms with Crippen molar-refractivity contribution in [3.05, 3.63) is 71.7 Å². The summed E-state index contributed by atoms with van der Waals surface area (Å²) in [5.41, 5.74) is 0.0843. The number of β-amino-alcohol motifs (C(OH)–C–C–N with tert-alkyl or cyclic N) is 1. The first-order valence-electron chi connectivity index (χ1n) is 10.6. The Kier molecular flexibility index (Phi) is 6.60. The number of carbonyl (C=O) groups excluding carboxylic acids is 1. The summed E-state index contributed by atoms with van der Waals surface area (Å²) in [6.07, 6.45) is -1.60. The van der Waals surface area contributed by atoms with Gasteiger partial charge in [-0.2, -0.15) is 27.2 Å². The van der Waals surface area contributed by atoms with Crippen molar-refractivity contribution in [1.29, 1.82) is 5.26 Å². The number of carbonyl (C=O) groups is 1. The SMILES string of the molecule is N#Cc1cncc(-c2cc(C(=O)Nc3ccc(C(F)(F)C(F)(F)F)cc3)cnc2N2CC[C@@H](O)C2)c1. The van der Waals surface area contributed by atoms with E-state index in [2.05, 4.69) is 15.3 Å². The molecule has 0 unspecified atom stereocenters. The third kappa shape index (κ3) is 4.96. The first kappa shape index (κ1) is 25.0. The third-order valence-electron chi connectivity index (χ3n) is 5.63. The predicted octanol–water partition coefficient (Wildman–Crippen LogP) is 4.49. The van der Waals surface area contributed by atoms with Crippen LogP contribution in [0.5, 0.6) is 0 Å². The Labute approximate surface area is 201 Å². The van der Waals surface area contributed by atoms with Gasteiger partial charge in [-0.1, -0.05) is 12.1 Å². The van der Waals surface area contributed by atoms with Crippen molar-refractivity contribution >= 4 is 17.4 Å². The van der Waals surface area contributed by atoms with Crippen LogP contribution in [0.2, 0.25) is 0 Å². The second-order valence-corrected chi connectivity index (χ2v) is 8.16. The maximum Gasteiger partial charge on any atom is 0.458 e. The first-order valence-corrected chi connectivity index (χ1v) is 10.6. The van der Waals surface area contributed by atoms with Gasteiger partial charge in [-0.05, 0) is 30.7 Å². The van der Waals surface area contributed by atoms with Gasteiger partial charge in [0.15, 0.2) is 0 Å². The molecule has 12 heteroatoms. The van der Waals surface area contributed by atoms with Crippen molar-refractivity contribution in [1.82, 2.24) is 9.97 Å². The largest absolute Gasteiger partial charge is 0.458 e. The van der Waals surface area contributed by atoms with Crippen molar-refractivity contribution in [2.24, 2.45) is 0 Å². The molecule has 36 heavy (non-hydrogen) atoms. The minimum atomic E-state index is -5.75. The highest BCUT2D eigenvalue weighted by Crippen LogP contribution is 2.44. The van der Waals surface area contributed by atoms with E-state index in [1.807, 2.05) is 11.0 Å². The van der Waals surface area contributed by atoms with Crippen LogP contribution >= 0.6 is 0 Å². The Morgan fingerprint density at radius 1 is 1.11 bits per heavy atom. The number of hydrogen-bond acceptors (Lipinski definition) is 6. The third-order valence-corrected chi connectivity index (χ3v) is 5.63. The first-order chi connectivity index (χ1) is 17.0. The lowest BCUT2D eigenvalue weighted by atomic mass is 10.0. The molecule has 1 aliphatic heterocycles. The molecule has 1 aromatic carbocycles. The van der Waals surface area contributed by atoms with Crippen LogP contribution in [-0.2, 0) is 5.92 Å². The van der Waals surface area contributed by atoms with Gasteiger partial charge in [-0.25, -0.2) is 4.98 Å². The number of pyridine rings is 2. The molecule has 186 valence electrons. The standard InChI is InChI=1S/C24H18F5N5O2/c25-23(26,24(27,28)29)17-1-3-18(4-2-17)33-22(36)16-8-20(15-7-14(9-30)10-31-11-15)21(32-12-16)34-6-5-19(35)13-34/h1-4,7-8,10-12,19,35H,5-6,13H2,(H,33,36)/t19-/m1/s1. The monoisotopic (exact) mass is 503 g/mol. The number of amides is 1. The fraction of sp³-hybridized carbons (Fsp3) is 0.250. The number of hydrogen-bond donors (Lipinski definition) is 2. The van der Waals surface area contributed by atoms with Gasteiger partial charge in [-0.15, -0.1) is 0 Å². The number of aliphatic hydroxyl groups excluding tert-OH is 1. The molecule has 0 spiro atoms. The van der Waals surface area contributed by atoms with E-state index < -0.39 is 29.7 Å². The Bertz CT molecular complexity index is 1320. The molecule has 0 aliphatic carbocycles. The van der Waals surface area contributed by atoms with Crippen LogP contribution in [0.3, 0.4) is 0 Å². The quantitative estimate of drug-likeness (QED) is 0.498. The zero-order chi connectivity index (χ0) is 26.1. The van der Waals surface area contributed by atoms with Crippen molar-refractivity contribution in [2.75, 3.05) is 23.3 Å². The fourth-order valence-electron chi connectivity index (χ4n) is 3.76. The average molecular weight is 503 g/mol. The van der Waals surface area contributed by atoms with Crippen LogP contribution in [-0.4, -0.2) is 46.4 Å². The van der Waals surface area contributed by atoms with Crippen molar-refractivity contribution in [3.8, 4) is 17.2 Å². The Morgan fingerprint density at radius 3 is 2.44 bits per heavy atom. The summed E-state index contributed by atoms with van der Waals surface area (Å²) in [6.45, 7) is 0.846. The molecule has 0 saturated carbocycles. The number of anilines is 2. The molecule has 0 bridgehead atoms. The molecule has 1 fully saturated rings. The van der Waals surface area contributed by atoms with E-state index in [1.54, 1.807) is 6.07 Å². The molecule has 1 atom stereocenters. The van der Waals surface area contributed by atoms with E-state index >= 15 is 0 Å². The van der Waals surface area contributed by atoms with Crippen LogP contribution in [0.15, 0.2) is 55.0 Å². The molecular weight excluding hydrogens is 485 g/mol. The Morgan fingerprint density at radius 2 is 1.83 bits per heavy atom. The lowest BCUT2D eigenvalue weighted by Crippen LogP contribution is -2.33. The minimum absolute atomic E-state index is 0.00293. The van der Waals surface area contributed by atoms with Gasteiger partial charge >= 0.3 is 12.1 Å². The van der Waals surface area contributed by atoms with Crippen LogP contribution in [0.4, 0.5) is 33.5 Å². The highest BCUT2D eigenvalue weighted by molar-refractivity contribution is 6.05. The summed E-state index contributed by atoms with van der Waals surface area (Å²) in [5.74, 6) is -5.24. The highest BCUT2D eigenvalue weighted by atomic mass is 19.4. The van der Waals surface area contributed by atoms with Gasteiger partial charge in [0.2, 0.25) is 0 Å². The predicted molar refractivity (Wildman–Crippen MR) is 119 cm³/mol. The second kappa shape index (κ2) is 9.50. The topological polar surface area (TPSA) is 102 Å². The van der Waals surface area contributed by atoms with Crippen LogP contribution in [0.1, 0.15) is 27.9 Å². The number of benzene rings is 1. The molecule has 1 amide bonds. The molecule has 1 saturated heterocycles. The maximum atomic E-state index is 13.5. The minimum Gasteiger partial charge on any atom is -0.391 e. The molecular formula is C24H18F5N5O2. The van der Waals surface area contributed by atoms with E-state index in [1.165, 1.54) is 24.7 Å². The van der Waals surface area contributed by atoms with Crippen molar-refractivity contribution < 1.29 is 31.9 Å². The smallest absolute Gasteiger partial charge is 0.391 e. The number of halogens is 5. The van der Waals surface area contributed by atoms with Gasteiger partial charge in [0.1, 0.15) is 11.9 Å². The fourth-order valence-corrected chi connectivity index (χ4v) is 3.76. The number of aliphatic hydroxyl groups is 1. The van der Waals surface area contributed by atoms with E-state index in [0.717, 1.165) is 12.1 Å². The Hall–Kier alpha value is -4.11. The molecule has 4 rings (SSSR count). The number of aromatic nitrogens is 2. The lowest BCUT2D eigenvalue weighted by molar-refractivity contribution is -0.289. The molecule has 3 heterocycles. The second-order valence-electron chi connectivity index (χ2n) is 8.16. The van der Waals surface area contributed by atoms with E-state index in [-0.39, 0.29) is 16.8 Å². The van der Waals surface area contributed by atoms with Crippen molar-refractivity contribution in [3.63, 3.8) is 0 Å². The number of nitrogens with one attached hydrogen (secondary N) is 1. The molecule has 1 aliphatic rings. The van der Waals surface area contributed by atoms with Gasteiger partial charge in [0.25, 0.3) is 5.91 Å². The van der Waals surface area contributed by atoms with Gasteiger partial charge < -0.3 is 15.3 Å². The maximum absolute atomic E-state index is 13.5. The molecule has 2 aromatic heterocycles. The highest BCUT2D eigenvalue weighted by Gasteiger charge is 2.58. The number of nitriles is 1. The normalized spacial score (nSPS) is 16.0. The van der Waals surface area contributed by atoms with Gasteiger partial charge in [0, 0.05) is 54.1 Å². The van der Waals surface area contributed by atoms with Gasteiger partial charge in [0.05, 0.1) is 17.2 Å². The zero-order valence-corrected chi connectivity index (χ0v) is 18.4. The van der Waals surface area contributed by atoms with Crippen LogP contribution < -0.4 is 10.2 Å². The lowest BCUT2D eigenvalue weighted by Gasteiger charge is -2.21. The summed E-state index contributed by atoms with van der Waals surface area (Å²) in [6, 6.07) is 8.14. The summed E-state index contributed by atoms with van der Waals surface area (Å²) in [7, 11) is 0. The van der Waals surface area contributed by atoms with E-state index in [9.17, 15) is 37.1 Å². The summed E-state index contributed by atoms with van der Waals surface area (Å²) >= 11 is 0. The van der Waals surface area contributed by atoms with E-state index in [0.29, 0.717) is 48.6 Å². The molecule has 3 aromatic rings. The van der Waals surface area contributed by atoms with Crippen LogP contribution in [0.25, 0.3) is 11.1 Å². The summed E-state index contributed by atoms with van der Waals surface area (Å²) in [5, 5.41) is 21.6. The summed E-state index contributed by atoms with van der Waals surface area (Å²) < 4.78 is 64.7. The number of alkyl halides is 5. The van der Waals surface area contributed by atoms with Gasteiger partial charge in [-0.3, -0.25) is 9.78 Å². The molecule has 2 N–H and O–H groups in total. The molecule has 0 radical (unpaired) electrons. The number of nitrogens with zero attached hydrogens (tertiary/aromatic N) is 4. The van der Waals surface area contributed by atoms with Crippen LogP contribution in [0, 0.1) is 11.3 Å². The van der Waals surface area contributed by atoms with Crippen molar-refractivity contribution in [2.45, 2.75) is 24.6 Å². The average Bonchev–Trinajstić information content (AvgIpc) is 3.29. The molecule has 7 nitrogen and oxygen atoms in total.